The van der Waals surface area contributed by atoms with Gasteiger partial charge in [0.1, 0.15) is 21.4 Å². The maximum Gasteiger partial charge on any atom is 0.150 e. The molecule has 0 spiro atoms. The summed E-state index contributed by atoms with van der Waals surface area (Å²) in [5.41, 5.74) is 3.20. The largest absolute Gasteiger partial charge is 0.494 e. The Morgan fingerprint density at radius 1 is 1.16 bits per heavy atom. The van der Waals surface area contributed by atoms with Crippen LogP contribution in [0.1, 0.15) is 48.8 Å². The molecule has 1 aliphatic rings. The van der Waals surface area contributed by atoms with E-state index in [0.29, 0.717) is 25.9 Å². The molecule has 0 bridgehead atoms. The highest BCUT2D eigenvalue weighted by atomic mass is 35.5. The van der Waals surface area contributed by atoms with Crippen molar-refractivity contribution in [3.63, 3.8) is 0 Å². The lowest BCUT2D eigenvalue weighted by molar-refractivity contribution is 0.315. The predicted molar refractivity (Wildman–Crippen MR) is 127 cm³/mol. The van der Waals surface area contributed by atoms with E-state index in [1.165, 1.54) is 17.2 Å². The number of fused-ring (bicyclic) bond motifs is 1. The lowest BCUT2D eigenvalue weighted by Gasteiger charge is -2.34. The summed E-state index contributed by atoms with van der Waals surface area (Å²) in [4.78, 5) is 0. The SMILES string of the molecule is CCCS(=O)(=O)CCCOc1ccc2c(c1)C(Cc1ccccc1F)C(NC)CC2.Cl. The fourth-order valence-electron chi connectivity index (χ4n) is 4.35. The molecule has 0 aliphatic heterocycles. The van der Waals surface area contributed by atoms with E-state index in [2.05, 4.69) is 17.4 Å². The normalized spacial score (nSPS) is 18.2. The second-order valence-electron chi connectivity index (χ2n) is 8.05. The standard InChI is InChI=1S/C24H32FNO3S.ClH/c1-3-14-30(27,28)15-6-13-29-20-11-9-18-10-12-24(26-2)22(21(18)17-20)16-19-7-4-5-8-23(19)25;/h4-5,7-9,11,17,22,24,26H,3,6,10,12-16H2,1-2H3;1H. The van der Waals surface area contributed by atoms with Gasteiger partial charge in [-0.25, -0.2) is 12.8 Å². The third-order valence-corrected chi connectivity index (χ3v) is 7.82. The van der Waals surface area contributed by atoms with E-state index < -0.39 is 9.84 Å². The van der Waals surface area contributed by atoms with Gasteiger partial charge in [-0.3, -0.25) is 0 Å². The summed E-state index contributed by atoms with van der Waals surface area (Å²) in [7, 11) is -1.02. The minimum atomic E-state index is -2.98. The molecule has 2 aromatic carbocycles. The summed E-state index contributed by atoms with van der Waals surface area (Å²) in [5, 5.41) is 3.40. The summed E-state index contributed by atoms with van der Waals surface area (Å²) >= 11 is 0. The van der Waals surface area contributed by atoms with E-state index >= 15 is 0 Å². The van der Waals surface area contributed by atoms with E-state index in [0.717, 1.165) is 24.2 Å². The Bertz CT molecular complexity index is 952. The highest BCUT2D eigenvalue weighted by molar-refractivity contribution is 7.91. The zero-order chi connectivity index (χ0) is 21.6. The van der Waals surface area contributed by atoms with Crippen LogP contribution in [0.4, 0.5) is 4.39 Å². The minimum Gasteiger partial charge on any atom is -0.494 e. The van der Waals surface area contributed by atoms with Gasteiger partial charge in [0.25, 0.3) is 0 Å². The number of likely N-dealkylation sites (N-methyl/N-ethyl adjacent to an activating group) is 1. The van der Waals surface area contributed by atoms with Crippen LogP contribution in [-0.4, -0.2) is 39.6 Å². The first-order valence-electron chi connectivity index (χ1n) is 10.8. The van der Waals surface area contributed by atoms with Crippen molar-refractivity contribution in [1.82, 2.24) is 5.32 Å². The Labute approximate surface area is 191 Å². The molecule has 0 saturated heterocycles. The quantitative estimate of drug-likeness (QED) is 0.512. The number of rotatable bonds is 10. The number of halogens is 2. The van der Waals surface area contributed by atoms with Crippen LogP contribution in [0.2, 0.25) is 0 Å². The maximum absolute atomic E-state index is 14.3. The van der Waals surface area contributed by atoms with Crippen molar-refractivity contribution in [1.29, 1.82) is 0 Å². The second kappa shape index (κ2) is 11.8. The molecule has 0 radical (unpaired) electrons. The van der Waals surface area contributed by atoms with Gasteiger partial charge in [0, 0.05) is 17.7 Å². The topological polar surface area (TPSA) is 55.4 Å². The summed E-state index contributed by atoms with van der Waals surface area (Å²) in [6.45, 7) is 2.24. The molecule has 2 unspecified atom stereocenters. The molecule has 4 nitrogen and oxygen atoms in total. The predicted octanol–water partition coefficient (Wildman–Crippen LogP) is 4.70. The Hall–Kier alpha value is -1.63. The highest BCUT2D eigenvalue weighted by Gasteiger charge is 2.29. The number of benzene rings is 2. The van der Waals surface area contributed by atoms with Gasteiger partial charge in [-0.1, -0.05) is 31.2 Å². The lowest BCUT2D eigenvalue weighted by atomic mass is 9.76. The first-order chi connectivity index (χ1) is 14.4. The number of aryl methyl sites for hydroxylation is 1. The molecule has 0 amide bonds. The molecule has 0 saturated carbocycles. The molecular weight excluding hydrogens is 437 g/mol. The molecule has 3 rings (SSSR count). The van der Waals surface area contributed by atoms with Crippen molar-refractivity contribution in [3.8, 4) is 5.75 Å². The van der Waals surface area contributed by atoms with E-state index in [9.17, 15) is 12.8 Å². The van der Waals surface area contributed by atoms with Crippen molar-refractivity contribution in [3.05, 3.63) is 65.0 Å². The van der Waals surface area contributed by atoms with Crippen molar-refractivity contribution in [2.24, 2.45) is 0 Å². The Kier molecular flexibility index (Phi) is 9.79. The smallest absolute Gasteiger partial charge is 0.150 e. The number of hydrogen-bond donors (Lipinski definition) is 1. The number of sulfone groups is 1. The molecule has 2 aromatic rings. The van der Waals surface area contributed by atoms with Crippen molar-refractivity contribution < 1.29 is 17.5 Å². The van der Waals surface area contributed by atoms with Crippen LogP contribution in [0.3, 0.4) is 0 Å². The highest BCUT2D eigenvalue weighted by Crippen LogP contribution is 2.37. The van der Waals surface area contributed by atoms with E-state index in [1.807, 2.05) is 32.2 Å². The second-order valence-corrected chi connectivity index (χ2v) is 10.4. The van der Waals surface area contributed by atoms with Crippen molar-refractivity contribution in [2.45, 2.75) is 51.0 Å². The van der Waals surface area contributed by atoms with Crippen LogP contribution in [0.25, 0.3) is 0 Å². The zero-order valence-electron chi connectivity index (χ0n) is 18.3. The van der Waals surface area contributed by atoms with E-state index in [1.54, 1.807) is 6.07 Å². The average Bonchev–Trinajstić information content (AvgIpc) is 2.73. The summed E-state index contributed by atoms with van der Waals surface area (Å²) < 4.78 is 43.9. The molecule has 1 N–H and O–H groups in total. The van der Waals surface area contributed by atoms with Gasteiger partial charge < -0.3 is 10.1 Å². The third-order valence-electron chi connectivity index (χ3n) is 5.88. The van der Waals surface area contributed by atoms with Gasteiger partial charge in [-0.05, 0) is 74.0 Å². The first kappa shape index (κ1) is 25.6. The Balaban J connectivity index is 0.00000341. The maximum atomic E-state index is 14.3. The van der Waals surface area contributed by atoms with Crippen LogP contribution in [0, 0.1) is 5.82 Å². The fourth-order valence-corrected chi connectivity index (χ4v) is 5.73. The zero-order valence-corrected chi connectivity index (χ0v) is 19.9. The minimum absolute atomic E-state index is 0. The van der Waals surface area contributed by atoms with Crippen LogP contribution < -0.4 is 10.1 Å². The Morgan fingerprint density at radius 2 is 1.94 bits per heavy atom. The summed E-state index contributed by atoms with van der Waals surface area (Å²) in [6.07, 6.45) is 3.74. The number of nitrogens with one attached hydrogen (secondary N) is 1. The molecule has 172 valence electrons. The van der Waals surface area contributed by atoms with Gasteiger partial charge in [0.05, 0.1) is 12.4 Å². The molecule has 0 fully saturated rings. The van der Waals surface area contributed by atoms with Gasteiger partial charge in [0.2, 0.25) is 0 Å². The number of hydrogen-bond acceptors (Lipinski definition) is 4. The molecule has 0 aromatic heterocycles. The van der Waals surface area contributed by atoms with Crippen molar-refractivity contribution in [2.75, 3.05) is 25.2 Å². The van der Waals surface area contributed by atoms with Crippen LogP contribution in [0.15, 0.2) is 42.5 Å². The molecule has 7 heteroatoms. The van der Waals surface area contributed by atoms with Crippen molar-refractivity contribution >= 4 is 22.2 Å². The average molecular weight is 470 g/mol. The fraction of sp³-hybridized carbons (Fsp3) is 0.500. The Morgan fingerprint density at radius 3 is 2.65 bits per heavy atom. The first-order valence-corrected chi connectivity index (χ1v) is 12.6. The van der Waals surface area contributed by atoms with Crippen LogP contribution in [-0.2, 0) is 22.7 Å². The molecule has 0 heterocycles. The molecular formula is C24H33ClFNO3S. The monoisotopic (exact) mass is 469 g/mol. The third kappa shape index (κ3) is 6.93. The van der Waals surface area contributed by atoms with Gasteiger partial charge in [-0.15, -0.1) is 12.4 Å². The lowest BCUT2D eigenvalue weighted by Crippen LogP contribution is -2.37. The molecule has 2 atom stereocenters. The molecule has 31 heavy (non-hydrogen) atoms. The van der Waals surface area contributed by atoms with Gasteiger partial charge in [0.15, 0.2) is 0 Å². The number of ether oxygens (including phenoxy) is 1. The summed E-state index contributed by atoms with van der Waals surface area (Å²) in [6, 6.07) is 13.3. The van der Waals surface area contributed by atoms with Crippen LogP contribution >= 0.6 is 12.4 Å². The summed E-state index contributed by atoms with van der Waals surface area (Å²) in [5.74, 6) is 1.12. The van der Waals surface area contributed by atoms with Crippen LogP contribution in [0.5, 0.6) is 5.75 Å². The van der Waals surface area contributed by atoms with Gasteiger partial charge >= 0.3 is 0 Å². The molecule has 1 aliphatic carbocycles. The van der Waals surface area contributed by atoms with E-state index in [4.69, 9.17) is 4.74 Å². The van der Waals surface area contributed by atoms with E-state index in [-0.39, 0.29) is 41.7 Å². The van der Waals surface area contributed by atoms with Gasteiger partial charge in [-0.2, -0.15) is 0 Å².